The van der Waals surface area contributed by atoms with Gasteiger partial charge in [0.1, 0.15) is 6.61 Å². The van der Waals surface area contributed by atoms with Crippen LogP contribution in [-0.4, -0.2) is 23.7 Å². The summed E-state index contributed by atoms with van der Waals surface area (Å²) in [6, 6.07) is 33.0. The van der Waals surface area contributed by atoms with Gasteiger partial charge in [-0.25, -0.2) is 4.79 Å². The van der Waals surface area contributed by atoms with Crippen molar-refractivity contribution in [1.29, 1.82) is 0 Å². The standard InChI is InChI=1S/C15H11ClO2.C14H12O/c16-15(17)18-9-14-12-7-3-1-5-10(12)11-6-2-4-8-13(11)14;15-9-14-12-7-3-1-5-10(12)11-6-2-4-8-13(11)14/h1-8,14H,9H2;1-8,14-15H,9H2. The van der Waals surface area contributed by atoms with Crippen LogP contribution in [0.4, 0.5) is 4.79 Å². The van der Waals surface area contributed by atoms with Crippen molar-refractivity contribution in [2.75, 3.05) is 13.2 Å². The monoisotopic (exact) mass is 454 g/mol. The van der Waals surface area contributed by atoms with Gasteiger partial charge >= 0.3 is 5.43 Å². The van der Waals surface area contributed by atoms with Gasteiger partial charge in [0.05, 0.1) is 6.61 Å². The Hall–Kier alpha value is -3.40. The van der Waals surface area contributed by atoms with Gasteiger partial charge in [-0.1, -0.05) is 97.1 Å². The Morgan fingerprint density at radius 2 is 0.970 bits per heavy atom. The summed E-state index contributed by atoms with van der Waals surface area (Å²) in [5.74, 6) is 0.248. The van der Waals surface area contributed by atoms with Crippen molar-refractivity contribution >= 4 is 17.0 Å². The second kappa shape index (κ2) is 9.22. The molecule has 0 bridgehead atoms. The minimum atomic E-state index is -0.753. The number of hydrogen-bond donors (Lipinski definition) is 1. The van der Waals surface area contributed by atoms with Gasteiger partial charge in [0.2, 0.25) is 0 Å². The number of halogens is 1. The van der Waals surface area contributed by atoms with Gasteiger partial charge in [0, 0.05) is 23.4 Å². The van der Waals surface area contributed by atoms with Crippen molar-refractivity contribution in [3.05, 3.63) is 119 Å². The smallest absolute Gasteiger partial charge is 0.403 e. The average molecular weight is 455 g/mol. The summed E-state index contributed by atoms with van der Waals surface area (Å²) in [5, 5.41) is 9.46. The molecule has 164 valence electrons. The predicted molar refractivity (Wildman–Crippen MR) is 132 cm³/mol. The van der Waals surface area contributed by atoms with Crippen LogP contribution in [0.1, 0.15) is 34.1 Å². The first-order chi connectivity index (χ1) is 16.2. The van der Waals surface area contributed by atoms with E-state index in [0.717, 1.165) is 0 Å². The molecule has 33 heavy (non-hydrogen) atoms. The zero-order valence-electron chi connectivity index (χ0n) is 17.9. The van der Waals surface area contributed by atoms with E-state index < -0.39 is 5.43 Å². The van der Waals surface area contributed by atoms with E-state index in [-0.39, 0.29) is 25.0 Å². The third-order valence-corrected chi connectivity index (χ3v) is 6.58. The van der Waals surface area contributed by atoms with E-state index >= 15 is 0 Å². The van der Waals surface area contributed by atoms with Crippen LogP contribution in [0.15, 0.2) is 97.1 Å². The molecule has 0 saturated carbocycles. The van der Waals surface area contributed by atoms with Gasteiger partial charge in [0.15, 0.2) is 0 Å². The molecule has 0 fully saturated rings. The number of carbonyl (C=O) groups is 1. The third-order valence-electron chi connectivity index (χ3n) is 6.47. The van der Waals surface area contributed by atoms with Crippen LogP contribution in [0.5, 0.6) is 0 Å². The molecule has 0 aromatic heterocycles. The Labute approximate surface area is 198 Å². The van der Waals surface area contributed by atoms with Crippen molar-refractivity contribution in [2.24, 2.45) is 0 Å². The summed E-state index contributed by atoms with van der Waals surface area (Å²) >= 11 is 5.25. The fourth-order valence-electron chi connectivity index (χ4n) is 5.04. The second-order valence-corrected chi connectivity index (χ2v) is 8.49. The summed E-state index contributed by atoms with van der Waals surface area (Å²) in [6.07, 6.45) is 0. The SMILES string of the molecule is O=C(Cl)OCC1c2ccccc2-c2ccccc21.OCC1c2ccccc2-c2ccccc21. The van der Waals surface area contributed by atoms with Crippen LogP contribution in [0, 0.1) is 0 Å². The number of hydrogen-bond acceptors (Lipinski definition) is 3. The van der Waals surface area contributed by atoms with E-state index in [2.05, 4.69) is 60.7 Å². The van der Waals surface area contributed by atoms with E-state index in [1.54, 1.807) is 0 Å². The molecule has 0 unspecified atom stereocenters. The molecule has 0 heterocycles. The largest absolute Gasteiger partial charge is 0.453 e. The van der Waals surface area contributed by atoms with Crippen LogP contribution in [0.25, 0.3) is 22.3 Å². The average Bonchev–Trinajstić information content (AvgIpc) is 3.36. The van der Waals surface area contributed by atoms with Gasteiger partial charge in [-0.3, -0.25) is 0 Å². The normalized spacial score (nSPS) is 13.3. The van der Waals surface area contributed by atoms with Crippen molar-refractivity contribution < 1.29 is 14.6 Å². The molecule has 2 aliphatic rings. The van der Waals surface area contributed by atoms with Crippen LogP contribution in [0.3, 0.4) is 0 Å². The van der Waals surface area contributed by atoms with Crippen LogP contribution >= 0.6 is 11.6 Å². The topological polar surface area (TPSA) is 46.5 Å². The highest BCUT2D eigenvalue weighted by Gasteiger charge is 2.29. The molecule has 0 amide bonds. The zero-order valence-corrected chi connectivity index (χ0v) is 18.7. The number of benzene rings is 4. The molecule has 1 N–H and O–H groups in total. The predicted octanol–water partition coefficient (Wildman–Crippen LogP) is 6.97. The number of fused-ring (bicyclic) bond motifs is 6. The van der Waals surface area contributed by atoms with Gasteiger partial charge in [0.25, 0.3) is 0 Å². The van der Waals surface area contributed by atoms with Crippen LogP contribution in [-0.2, 0) is 4.74 Å². The van der Waals surface area contributed by atoms with Gasteiger partial charge in [-0.05, 0) is 44.5 Å². The Morgan fingerprint density at radius 1 is 0.636 bits per heavy atom. The lowest BCUT2D eigenvalue weighted by atomic mass is 9.98. The van der Waals surface area contributed by atoms with E-state index in [4.69, 9.17) is 16.3 Å². The van der Waals surface area contributed by atoms with Crippen molar-refractivity contribution in [3.63, 3.8) is 0 Å². The van der Waals surface area contributed by atoms with Gasteiger partial charge in [-0.2, -0.15) is 0 Å². The first kappa shape index (κ1) is 21.4. The third kappa shape index (κ3) is 3.95. The van der Waals surface area contributed by atoms with Crippen molar-refractivity contribution in [1.82, 2.24) is 0 Å². The van der Waals surface area contributed by atoms with Crippen molar-refractivity contribution in [2.45, 2.75) is 11.8 Å². The molecule has 0 radical (unpaired) electrons. The molecule has 2 aliphatic carbocycles. The second-order valence-electron chi connectivity index (χ2n) is 8.19. The number of rotatable bonds is 3. The Morgan fingerprint density at radius 3 is 1.30 bits per heavy atom. The summed E-state index contributed by atoms with van der Waals surface area (Å²) in [6.45, 7) is 0.477. The molecule has 4 aromatic rings. The molecular formula is C29H23ClO3. The highest BCUT2D eigenvalue weighted by atomic mass is 35.5. The maximum atomic E-state index is 10.8. The fraction of sp³-hybridized carbons (Fsp3) is 0.138. The van der Waals surface area contributed by atoms with E-state index in [1.807, 2.05) is 36.4 Å². The summed E-state index contributed by atoms with van der Waals surface area (Å²) in [7, 11) is 0. The number of aliphatic hydroxyl groups is 1. The molecule has 4 heteroatoms. The van der Waals surface area contributed by atoms with Crippen LogP contribution in [0.2, 0.25) is 0 Å². The lowest BCUT2D eigenvalue weighted by Gasteiger charge is -2.12. The van der Waals surface area contributed by atoms with Gasteiger partial charge in [-0.15, -0.1) is 0 Å². The first-order valence-corrected chi connectivity index (χ1v) is 11.4. The molecule has 0 spiro atoms. The van der Waals surface area contributed by atoms with E-state index in [1.165, 1.54) is 44.5 Å². The minimum Gasteiger partial charge on any atom is -0.453 e. The molecule has 0 atom stereocenters. The Kier molecular flexibility index (Phi) is 5.99. The molecule has 0 saturated heterocycles. The zero-order chi connectivity index (χ0) is 22.8. The fourth-order valence-corrected chi connectivity index (χ4v) is 5.11. The highest BCUT2D eigenvalue weighted by Crippen LogP contribution is 2.45. The maximum absolute atomic E-state index is 10.8. The molecule has 0 aliphatic heterocycles. The maximum Gasteiger partial charge on any atom is 0.403 e. The first-order valence-electron chi connectivity index (χ1n) is 11.0. The minimum absolute atomic E-state index is 0.0834. The van der Waals surface area contributed by atoms with Crippen molar-refractivity contribution in [3.8, 4) is 22.3 Å². The molecule has 4 aromatic carbocycles. The van der Waals surface area contributed by atoms with Crippen LogP contribution < -0.4 is 0 Å². The highest BCUT2D eigenvalue weighted by molar-refractivity contribution is 6.61. The summed E-state index contributed by atoms with van der Waals surface area (Å²) < 4.78 is 4.97. The molecule has 3 nitrogen and oxygen atoms in total. The number of ether oxygens (including phenoxy) is 1. The summed E-state index contributed by atoms with van der Waals surface area (Å²) in [4.78, 5) is 10.8. The lowest BCUT2D eigenvalue weighted by Crippen LogP contribution is -2.07. The van der Waals surface area contributed by atoms with E-state index in [0.29, 0.717) is 0 Å². The quantitative estimate of drug-likeness (QED) is 0.340. The number of carbonyl (C=O) groups excluding carboxylic acids is 1. The molecular weight excluding hydrogens is 432 g/mol. The van der Waals surface area contributed by atoms with Gasteiger partial charge < -0.3 is 9.84 Å². The summed E-state index contributed by atoms with van der Waals surface area (Å²) in [5.41, 5.74) is 9.10. The Balaban J connectivity index is 0.000000140. The molecule has 6 rings (SSSR count). The number of aliphatic hydroxyl groups excluding tert-OH is 1. The van der Waals surface area contributed by atoms with E-state index in [9.17, 15) is 9.90 Å². The Bertz CT molecular complexity index is 1220. The lowest BCUT2D eigenvalue weighted by molar-refractivity contribution is 0.170.